The van der Waals surface area contributed by atoms with Crippen molar-refractivity contribution in [2.24, 2.45) is 0 Å². The average Bonchev–Trinajstić information content (AvgIpc) is 3.08. The molecule has 1 unspecified atom stereocenters. The van der Waals surface area contributed by atoms with Crippen LogP contribution >= 0.6 is 0 Å². The standard InChI is InChI=1S/C22H32N4O2/c1-17(28)26-10-8-19-18-5-2-3-6-20(18)23-22(19)21(26)7-4-9-24-11-13-25(14-12-24)15-16-27/h2-3,5-6,21,23,27H,4,7-16H2,1H3. The van der Waals surface area contributed by atoms with Crippen LogP contribution in [0.3, 0.4) is 0 Å². The van der Waals surface area contributed by atoms with Gasteiger partial charge in [-0.25, -0.2) is 0 Å². The number of H-pyrrole nitrogens is 1. The van der Waals surface area contributed by atoms with Crippen molar-refractivity contribution >= 4 is 16.8 Å². The van der Waals surface area contributed by atoms with Gasteiger partial charge in [-0.3, -0.25) is 9.69 Å². The number of aliphatic hydroxyl groups is 1. The molecule has 6 heteroatoms. The number of rotatable bonds is 6. The van der Waals surface area contributed by atoms with Gasteiger partial charge in [0, 0.05) is 62.8 Å². The van der Waals surface area contributed by atoms with E-state index in [2.05, 4.69) is 43.9 Å². The number of fused-ring (bicyclic) bond motifs is 3. The summed E-state index contributed by atoms with van der Waals surface area (Å²) in [7, 11) is 0. The molecule has 1 saturated heterocycles. The second-order valence-electron chi connectivity index (χ2n) is 8.09. The fourth-order valence-electron chi connectivity index (χ4n) is 4.88. The quantitative estimate of drug-likeness (QED) is 0.800. The number of β-amino-alcohol motifs (C(OH)–C–C–N with tert-alkyl or cyclic N) is 1. The number of hydrogen-bond acceptors (Lipinski definition) is 4. The first-order valence-corrected chi connectivity index (χ1v) is 10.6. The summed E-state index contributed by atoms with van der Waals surface area (Å²) in [6.07, 6.45) is 3.02. The maximum atomic E-state index is 12.3. The van der Waals surface area contributed by atoms with Crippen molar-refractivity contribution in [3.63, 3.8) is 0 Å². The molecule has 4 rings (SSSR count). The molecule has 28 heavy (non-hydrogen) atoms. The Morgan fingerprint density at radius 2 is 1.82 bits per heavy atom. The fourth-order valence-corrected chi connectivity index (χ4v) is 4.88. The predicted octanol–water partition coefficient (Wildman–Crippen LogP) is 2.00. The Hall–Kier alpha value is -1.89. The van der Waals surface area contributed by atoms with Crippen LogP contribution in [0.4, 0.5) is 0 Å². The Bertz CT molecular complexity index is 810. The third-order valence-corrected chi connectivity index (χ3v) is 6.40. The van der Waals surface area contributed by atoms with Crippen LogP contribution in [0.25, 0.3) is 10.9 Å². The van der Waals surface area contributed by atoms with E-state index in [4.69, 9.17) is 5.11 Å². The first-order chi connectivity index (χ1) is 13.7. The number of aromatic nitrogens is 1. The van der Waals surface area contributed by atoms with Crippen molar-refractivity contribution in [1.29, 1.82) is 0 Å². The monoisotopic (exact) mass is 384 g/mol. The first kappa shape index (κ1) is 19.4. The van der Waals surface area contributed by atoms with Crippen molar-refractivity contribution < 1.29 is 9.90 Å². The third kappa shape index (κ3) is 3.95. The second-order valence-corrected chi connectivity index (χ2v) is 8.09. The minimum atomic E-state index is 0.157. The highest BCUT2D eigenvalue weighted by Crippen LogP contribution is 2.36. The maximum Gasteiger partial charge on any atom is 0.220 e. The van der Waals surface area contributed by atoms with Crippen LogP contribution < -0.4 is 0 Å². The predicted molar refractivity (Wildman–Crippen MR) is 111 cm³/mol. The number of nitrogens with one attached hydrogen (secondary N) is 1. The molecule has 3 heterocycles. The highest BCUT2D eigenvalue weighted by atomic mass is 16.3. The zero-order valence-electron chi connectivity index (χ0n) is 16.9. The average molecular weight is 385 g/mol. The SMILES string of the molecule is CC(=O)N1CCc2c([nH]c3ccccc23)C1CCCN1CCN(CCO)CC1. The van der Waals surface area contributed by atoms with Gasteiger partial charge in [-0.2, -0.15) is 0 Å². The van der Waals surface area contributed by atoms with Crippen LogP contribution in [0.2, 0.25) is 0 Å². The normalized spacial score (nSPS) is 21.2. The van der Waals surface area contributed by atoms with Gasteiger partial charge in [0.2, 0.25) is 5.91 Å². The third-order valence-electron chi connectivity index (χ3n) is 6.40. The molecule has 1 amide bonds. The fraction of sp³-hybridized carbons (Fsp3) is 0.591. The number of para-hydroxylation sites is 1. The van der Waals surface area contributed by atoms with Gasteiger partial charge in [-0.1, -0.05) is 18.2 Å². The number of carbonyl (C=O) groups excluding carboxylic acids is 1. The number of hydrogen-bond donors (Lipinski definition) is 2. The van der Waals surface area contributed by atoms with E-state index in [1.807, 2.05) is 0 Å². The molecule has 0 bridgehead atoms. The summed E-state index contributed by atoms with van der Waals surface area (Å²) in [5.74, 6) is 0.173. The molecule has 1 aromatic carbocycles. The van der Waals surface area contributed by atoms with Crippen LogP contribution in [0.5, 0.6) is 0 Å². The van der Waals surface area contributed by atoms with E-state index in [-0.39, 0.29) is 18.6 Å². The smallest absolute Gasteiger partial charge is 0.220 e. The van der Waals surface area contributed by atoms with E-state index in [0.29, 0.717) is 0 Å². The Morgan fingerprint density at radius 3 is 2.54 bits per heavy atom. The molecular formula is C22H32N4O2. The largest absolute Gasteiger partial charge is 0.395 e. The number of aromatic amines is 1. The van der Waals surface area contributed by atoms with E-state index < -0.39 is 0 Å². The van der Waals surface area contributed by atoms with Gasteiger partial charge in [-0.15, -0.1) is 0 Å². The maximum absolute atomic E-state index is 12.3. The van der Waals surface area contributed by atoms with Gasteiger partial charge >= 0.3 is 0 Å². The summed E-state index contributed by atoms with van der Waals surface area (Å²) in [6, 6.07) is 8.65. The summed E-state index contributed by atoms with van der Waals surface area (Å²) in [6.45, 7) is 8.82. The van der Waals surface area contributed by atoms with Gasteiger partial charge in [0.1, 0.15) is 0 Å². The molecule has 6 nitrogen and oxygen atoms in total. The lowest BCUT2D eigenvalue weighted by Gasteiger charge is -2.37. The number of nitrogens with zero attached hydrogens (tertiary/aromatic N) is 3. The van der Waals surface area contributed by atoms with Crippen LogP contribution in [0.1, 0.15) is 37.1 Å². The summed E-state index contributed by atoms with van der Waals surface area (Å²) >= 11 is 0. The van der Waals surface area contributed by atoms with Crippen molar-refractivity contribution in [2.75, 3.05) is 52.4 Å². The molecule has 2 N–H and O–H groups in total. The van der Waals surface area contributed by atoms with Gasteiger partial charge < -0.3 is 19.9 Å². The van der Waals surface area contributed by atoms with Crippen molar-refractivity contribution in [1.82, 2.24) is 19.7 Å². The lowest BCUT2D eigenvalue weighted by molar-refractivity contribution is -0.132. The number of amides is 1. The molecule has 152 valence electrons. The number of carbonyl (C=O) groups is 1. The number of aliphatic hydroxyl groups excluding tert-OH is 1. The zero-order chi connectivity index (χ0) is 19.5. The van der Waals surface area contributed by atoms with Crippen molar-refractivity contribution in [3.8, 4) is 0 Å². The molecule has 2 aromatic rings. The minimum absolute atomic E-state index is 0.157. The van der Waals surface area contributed by atoms with E-state index in [0.717, 1.165) is 65.1 Å². The second kappa shape index (κ2) is 8.64. The first-order valence-electron chi connectivity index (χ1n) is 10.6. The summed E-state index contributed by atoms with van der Waals surface area (Å²) < 4.78 is 0. The number of benzene rings is 1. The summed E-state index contributed by atoms with van der Waals surface area (Å²) in [4.78, 5) is 22.8. The van der Waals surface area contributed by atoms with Gasteiger partial charge in [-0.05, 0) is 37.4 Å². The van der Waals surface area contributed by atoms with Gasteiger partial charge in [0.05, 0.1) is 12.6 Å². The van der Waals surface area contributed by atoms with Crippen molar-refractivity contribution in [2.45, 2.75) is 32.2 Å². The van der Waals surface area contributed by atoms with E-state index in [9.17, 15) is 4.79 Å². The topological polar surface area (TPSA) is 62.8 Å². The molecule has 1 fully saturated rings. The minimum Gasteiger partial charge on any atom is -0.395 e. The molecule has 2 aliphatic heterocycles. The molecular weight excluding hydrogens is 352 g/mol. The molecule has 0 spiro atoms. The molecule has 1 aromatic heterocycles. The Morgan fingerprint density at radius 1 is 1.11 bits per heavy atom. The van der Waals surface area contributed by atoms with Crippen LogP contribution in [0.15, 0.2) is 24.3 Å². The molecule has 0 radical (unpaired) electrons. The molecule has 0 aliphatic carbocycles. The number of piperazine rings is 1. The summed E-state index contributed by atoms with van der Waals surface area (Å²) in [5, 5.41) is 10.4. The lowest BCUT2D eigenvalue weighted by Crippen LogP contribution is -2.47. The van der Waals surface area contributed by atoms with Crippen LogP contribution in [-0.4, -0.2) is 83.1 Å². The van der Waals surface area contributed by atoms with E-state index in [1.165, 1.54) is 22.2 Å². The Kier molecular flexibility index (Phi) is 5.99. The Labute approximate surface area is 167 Å². The van der Waals surface area contributed by atoms with E-state index in [1.54, 1.807) is 6.92 Å². The highest BCUT2D eigenvalue weighted by molar-refractivity contribution is 5.86. The Balaban J connectivity index is 1.42. The molecule has 2 aliphatic rings. The van der Waals surface area contributed by atoms with Crippen molar-refractivity contribution in [3.05, 3.63) is 35.5 Å². The van der Waals surface area contributed by atoms with Gasteiger partial charge in [0.15, 0.2) is 0 Å². The van der Waals surface area contributed by atoms with E-state index >= 15 is 0 Å². The van der Waals surface area contributed by atoms with Crippen LogP contribution in [0, 0.1) is 0 Å². The van der Waals surface area contributed by atoms with Crippen LogP contribution in [-0.2, 0) is 11.2 Å². The highest BCUT2D eigenvalue weighted by Gasteiger charge is 2.31. The molecule has 0 saturated carbocycles. The van der Waals surface area contributed by atoms with Gasteiger partial charge in [0.25, 0.3) is 0 Å². The molecule has 1 atom stereocenters. The lowest BCUT2D eigenvalue weighted by atomic mass is 9.94. The zero-order valence-corrected chi connectivity index (χ0v) is 16.9. The summed E-state index contributed by atoms with van der Waals surface area (Å²) in [5.41, 5.74) is 3.83.